The lowest BCUT2D eigenvalue weighted by Gasteiger charge is -2.13. The Hall–Kier alpha value is -0.830. The van der Waals surface area contributed by atoms with Gasteiger partial charge in [-0.05, 0) is 24.3 Å². The highest BCUT2D eigenvalue weighted by molar-refractivity contribution is 5.85. The quantitative estimate of drug-likeness (QED) is 0.457. The number of rotatable bonds is 1. The lowest BCUT2D eigenvalue weighted by Crippen LogP contribution is -2.22. The van der Waals surface area contributed by atoms with E-state index in [-0.39, 0.29) is 11.9 Å². The predicted molar refractivity (Wildman–Crippen MR) is 42.3 cm³/mol. The molecule has 0 aromatic carbocycles. The zero-order chi connectivity index (χ0) is 8.93. The van der Waals surface area contributed by atoms with Gasteiger partial charge >= 0.3 is 5.97 Å². The normalized spacial score (nSPS) is 44.0. The number of fused-ring (bicyclic) bond motifs is 1. The summed E-state index contributed by atoms with van der Waals surface area (Å²) in [6, 6.07) is 0. The van der Waals surface area contributed by atoms with Gasteiger partial charge in [0.2, 0.25) is 0 Å². The summed E-state index contributed by atoms with van der Waals surface area (Å²) in [6.45, 7) is 3.75. The van der Waals surface area contributed by atoms with Crippen LogP contribution in [-0.2, 0) is 9.53 Å². The van der Waals surface area contributed by atoms with Gasteiger partial charge in [0.05, 0.1) is 18.6 Å². The average molecular weight is 168 g/mol. The van der Waals surface area contributed by atoms with E-state index in [0.29, 0.717) is 12.0 Å². The van der Waals surface area contributed by atoms with Crippen molar-refractivity contribution in [2.45, 2.75) is 18.9 Å². The molecule has 1 N–H and O–H groups in total. The molecule has 0 aromatic heterocycles. The van der Waals surface area contributed by atoms with Crippen LogP contribution in [0.3, 0.4) is 0 Å². The number of aliphatic hydroxyl groups excluding tert-OH is 1. The van der Waals surface area contributed by atoms with Crippen LogP contribution in [-0.4, -0.2) is 24.3 Å². The lowest BCUT2D eigenvalue weighted by atomic mass is 9.98. The van der Waals surface area contributed by atoms with Crippen molar-refractivity contribution in [1.29, 1.82) is 0 Å². The van der Waals surface area contributed by atoms with Crippen molar-refractivity contribution in [3.8, 4) is 0 Å². The maximum Gasteiger partial charge on any atom is 0.316 e. The van der Waals surface area contributed by atoms with E-state index in [1.807, 2.05) is 0 Å². The topological polar surface area (TPSA) is 46.5 Å². The van der Waals surface area contributed by atoms with Gasteiger partial charge in [0.25, 0.3) is 0 Å². The molecule has 66 valence electrons. The Labute approximate surface area is 71.0 Å². The molecule has 2 aliphatic rings. The van der Waals surface area contributed by atoms with Crippen LogP contribution in [0.15, 0.2) is 12.2 Å². The van der Waals surface area contributed by atoms with Gasteiger partial charge in [0.15, 0.2) is 0 Å². The number of esters is 1. The van der Waals surface area contributed by atoms with Crippen LogP contribution < -0.4 is 0 Å². The molecule has 0 bridgehead atoms. The summed E-state index contributed by atoms with van der Waals surface area (Å²) in [5, 5.41) is 9.40. The number of aliphatic hydroxyl groups is 1. The Kier molecular flexibility index (Phi) is 1.37. The maximum atomic E-state index is 11.3. The van der Waals surface area contributed by atoms with Crippen molar-refractivity contribution < 1.29 is 14.6 Å². The van der Waals surface area contributed by atoms with Crippen LogP contribution in [0.2, 0.25) is 0 Å². The van der Waals surface area contributed by atoms with E-state index in [9.17, 15) is 9.90 Å². The summed E-state index contributed by atoms with van der Waals surface area (Å²) in [5.74, 6) is 0.0569. The highest BCUT2D eigenvalue weighted by Gasteiger charge is 2.68. The molecule has 3 unspecified atom stereocenters. The third kappa shape index (κ3) is 0.672. The summed E-state index contributed by atoms with van der Waals surface area (Å²) in [7, 11) is 1.38. The molecule has 2 fully saturated rings. The molecule has 0 aliphatic heterocycles. The Morgan fingerprint density at radius 1 is 1.83 bits per heavy atom. The number of ether oxygens (including phenoxy) is 1. The average Bonchev–Trinajstić information content (AvgIpc) is 2.72. The first-order valence-electron chi connectivity index (χ1n) is 4.08. The van der Waals surface area contributed by atoms with Crippen LogP contribution in [0.25, 0.3) is 0 Å². The number of carbonyl (C=O) groups is 1. The van der Waals surface area contributed by atoms with E-state index in [1.54, 1.807) is 0 Å². The first-order chi connectivity index (χ1) is 5.63. The summed E-state index contributed by atoms with van der Waals surface area (Å²) < 4.78 is 4.69. The summed E-state index contributed by atoms with van der Waals surface area (Å²) in [6.07, 6.45) is 0.992. The molecule has 2 saturated carbocycles. The molecular formula is C9H12O3. The second-order valence-corrected chi connectivity index (χ2v) is 3.64. The van der Waals surface area contributed by atoms with Gasteiger partial charge in [-0.3, -0.25) is 4.79 Å². The van der Waals surface area contributed by atoms with Crippen LogP contribution >= 0.6 is 0 Å². The number of methoxy groups -OCH3 is 1. The zero-order valence-corrected chi connectivity index (χ0v) is 7.04. The third-order valence-corrected chi connectivity index (χ3v) is 3.14. The molecule has 0 heterocycles. The monoisotopic (exact) mass is 168 g/mol. The Balaban J connectivity index is 2.26. The standard InChI is InChI=1S/C9H12O3/c1-5-7(10)3-6-4-9(5,6)8(11)12-2/h6-7,10H,1,3-4H2,2H3. The maximum absolute atomic E-state index is 11.3. The van der Waals surface area contributed by atoms with Gasteiger partial charge in [0.1, 0.15) is 0 Å². The summed E-state index contributed by atoms with van der Waals surface area (Å²) in [5.41, 5.74) is 0.146. The minimum atomic E-state index is -0.506. The summed E-state index contributed by atoms with van der Waals surface area (Å²) >= 11 is 0. The fraction of sp³-hybridized carbons (Fsp3) is 0.667. The summed E-state index contributed by atoms with van der Waals surface area (Å²) in [4.78, 5) is 11.3. The molecule has 0 spiro atoms. The van der Waals surface area contributed by atoms with Crippen molar-refractivity contribution in [2.75, 3.05) is 7.11 Å². The first kappa shape index (κ1) is 7.80. The molecule has 0 saturated heterocycles. The van der Waals surface area contributed by atoms with E-state index < -0.39 is 11.5 Å². The molecule has 3 atom stereocenters. The highest BCUT2D eigenvalue weighted by atomic mass is 16.5. The Morgan fingerprint density at radius 3 is 2.92 bits per heavy atom. The van der Waals surface area contributed by atoms with Crippen molar-refractivity contribution in [3.63, 3.8) is 0 Å². The SMILES string of the molecule is C=C1C(O)CC2CC12C(=O)OC. The molecule has 12 heavy (non-hydrogen) atoms. The van der Waals surface area contributed by atoms with Crippen LogP contribution in [0.1, 0.15) is 12.8 Å². The molecule has 2 rings (SSSR count). The van der Waals surface area contributed by atoms with Gasteiger partial charge < -0.3 is 9.84 Å². The largest absolute Gasteiger partial charge is 0.468 e. The van der Waals surface area contributed by atoms with E-state index in [4.69, 9.17) is 0 Å². The van der Waals surface area contributed by atoms with E-state index in [1.165, 1.54) is 7.11 Å². The third-order valence-electron chi connectivity index (χ3n) is 3.14. The van der Waals surface area contributed by atoms with E-state index in [0.717, 1.165) is 6.42 Å². The van der Waals surface area contributed by atoms with Gasteiger partial charge in [-0.15, -0.1) is 0 Å². The molecular weight excluding hydrogens is 156 g/mol. The van der Waals surface area contributed by atoms with Crippen molar-refractivity contribution in [1.82, 2.24) is 0 Å². The second-order valence-electron chi connectivity index (χ2n) is 3.64. The van der Waals surface area contributed by atoms with Gasteiger partial charge in [-0.25, -0.2) is 0 Å². The van der Waals surface area contributed by atoms with Gasteiger partial charge in [-0.2, -0.15) is 0 Å². The van der Waals surface area contributed by atoms with Gasteiger partial charge in [-0.1, -0.05) is 6.58 Å². The number of hydrogen-bond acceptors (Lipinski definition) is 3. The molecule has 0 amide bonds. The second kappa shape index (κ2) is 2.10. The minimum Gasteiger partial charge on any atom is -0.468 e. The zero-order valence-electron chi connectivity index (χ0n) is 7.04. The number of carbonyl (C=O) groups excluding carboxylic acids is 1. The molecule has 3 heteroatoms. The highest BCUT2D eigenvalue weighted by Crippen LogP contribution is 2.66. The predicted octanol–water partition coefficient (Wildman–Crippen LogP) is 0.486. The van der Waals surface area contributed by atoms with Crippen molar-refractivity contribution in [3.05, 3.63) is 12.2 Å². The molecule has 3 nitrogen and oxygen atoms in total. The van der Waals surface area contributed by atoms with Crippen LogP contribution in [0, 0.1) is 11.3 Å². The molecule has 0 radical (unpaired) electrons. The van der Waals surface area contributed by atoms with Crippen molar-refractivity contribution >= 4 is 5.97 Å². The smallest absolute Gasteiger partial charge is 0.316 e. The first-order valence-corrected chi connectivity index (χ1v) is 4.08. The van der Waals surface area contributed by atoms with E-state index >= 15 is 0 Å². The fourth-order valence-corrected chi connectivity index (χ4v) is 2.28. The van der Waals surface area contributed by atoms with Crippen molar-refractivity contribution in [2.24, 2.45) is 11.3 Å². The minimum absolute atomic E-state index is 0.228. The van der Waals surface area contributed by atoms with Gasteiger partial charge in [0, 0.05) is 0 Å². The molecule has 2 aliphatic carbocycles. The Bertz CT molecular complexity index is 258. The van der Waals surface area contributed by atoms with Crippen LogP contribution in [0.5, 0.6) is 0 Å². The van der Waals surface area contributed by atoms with Crippen LogP contribution in [0.4, 0.5) is 0 Å². The fourth-order valence-electron chi connectivity index (χ4n) is 2.28. The van der Waals surface area contributed by atoms with E-state index in [2.05, 4.69) is 11.3 Å². The molecule has 0 aromatic rings. The number of hydrogen-bond donors (Lipinski definition) is 1. The Morgan fingerprint density at radius 2 is 2.50 bits per heavy atom. The lowest BCUT2D eigenvalue weighted by molar-refractivity contribution is -0.145.